The van der Waals surface area contributed by atoms with Gasteiger partial charge in [-0.3, -0.25) is 4.79 Å². The van der Waals surface area contributed by atoms with Crippen LogP contribution in [0.25, 0.3) is 5.69 Å². The molecule has 2 heterocycles. The lowest BCUT2D eigenvalue weighted by molar-refractivity contribution is -0.119. The molecule has 25 heavy (non-hydrogen) atoms. The first-order chi connectivity index (χ1) is 11.9. The highest BCUT2D eigenvalue weighted by molar-refractivity contribution is 6.37. The van der Waals surface area contributed by atoms with Gasteiger partial charge in [0, 0.05) is 26.1 Å². The lowest BCUT2D eigenvalue weighted by Gasteiger charge is -2.15. The highest BCUT2D eigenvalue weighted by atomic mass is 35.5. The van der Waals surface area contributed by atoms with Gasteiger partial charge >= 0.3 is 11.7 Å². The molecule has 2 amide bonds. The van der Waals surface area contributed by atoms with E-state index < -0.39 is 11.7 Å². The van der Waals surface area contributed by atoms with E-state index in [2.05, 4.69) is 15.7 Å². The lowest BCUT2D eigenvalue weighted by atomic mass is 10.3. The minimum atomic E-state index is -0.775. The van der Waals surface area contributed by atoms with Crippen LogP contribution in [0.3, 0.4) is 0 Å². The van der Waals surface area contributed by atoms with Crippen LogP contribution in [0.1, 0.15) is 13.3 Å². The first-order valence-electron chi connectivity index (χ1n) is 7.44. The number of rotatable bonds is 2. The summed E-state index contributed by atoms with van der Waals surface area (Å²) in [5, 5.41) is 10.5. The fraction of sp³-hybridized carbons (Fsp3) is 0.357. The number of hydrogen-bond donors (Lipinski definition) is 1. The number of tetrazole rings is 1. The van der Waals surface area contributed by atoms with Gasteiger partial charge in [-0.2, -0.15) is 4.68 Å². The zero-order valence-electron chi connectivity index (χ0n) is 13.1. The molecule has 1 atom stereocenters. The third-order valence-electron chi connectivity index (χ3n) is 3.78. The molecular formula is C14H14Cl2N6O3. The second kappa shape index (κ2) is 6.85. The van der Waals surface area contributed by atoms with Gasteiger partial charge in [0.1, 0.15) is 5.69 Å². The Balaban J connectivity index is 1.86. The molecule has 1 aliphatic rings. The summed E-state index contributed by atoms with van der Waals surface area (Å²) in [5.74, 6) is -0.171. The van der Waals surface area contributed by atoms with Crippen LogP contribution >= 0.6 is 23.2 Å². The first kappa shape index (κ1) is 17.4. The topological polar surface area (TPSA) is 102 Å². The van der Waals surface area contributed by atoms with Crippen molar-refractivity contribution in [3.05, 3.63) is 38.7 Å². The van der Waals surface area contributed by atoms with E-state index in [1.54, 1.807) is 18.2 Å². The largest absolute Gasteiger partial charge is 0.377 e. The Bertz CT molecular complexity index is 873. The number of nitrogens with one attached hydrogen (secondary N) is 1. The number of likely N-dealkylation sites (tertiary alicyclic amines) is 1. The van der Waals surface area contributed by atoms with Gasteiger partial charge in [0.2, 0.25) is 5.91 Å². The van der Waals surface area contributed by atoms with Crippen molar-refractivity contribution in [2.45, 2.75) is 19.4 Å². The molecule has 1 fully saturated rings. The summed E-state index contributed by atoms with van der Waals surface area (Å²) < 4.78 is 1.53. The van der Waals surface area contributed by atoms with E-state index in [1.165, 1.54) is 11.8 Å². The molecule has 3 rings (SSSR count). The van der Waals surface area contributed by atoms with Crippen molar-refractivity contribution in [2.24, 2.45) is 0 Å². The molecule has 132 valence electrons. The van der Waals surface area contributed by atoms with Crippen molar-refractivity contribution >= 4 is 35.1 Å². The Hall–Kier alpha value is -2.39. The summed E-state index contributed by atoms with van der Waals surface area (Å²) in [6.07, 6.45) is 0.602. The number of nitrogens with zero attached hydrogens (tertiary/aromatic N) is 5. The molecule has 2 aromatic rings. The fourth-order valence-corrected chi connectivity index (χ4v) is 3.23. The predicted octanol–water partition coefficient (Wildman–Crippen LogP) is 0.914. The maximum absolute atomic E-state index is 12.5. The van der Waals surface area contributed by atoms with Crippen molar-refractivity contribution in [3.63, 3.8) is 0 Å². The first-order valence-corrected chi connectivity index (χ1v) is 8.20. The minimum absolute atomic E-state index is 0.148. The number of halogens is 2. The zero-order valence-corrected chi connectivity index (χ0v) is 14.7. The SMILES string of the molecule is CC(=O)N[C@@H]1CCN(C(=O)n2nnn(-c3c(Cl)cccc3Cl)c2=O)C1. The number of benzene rings is 1. The Labute approximate surface area is 152 Å². The number of carbonyl (C=O) groups excluding carboxylic acids is 2. The van der Waals surface area contributed by atoms with Gasteiger partial charge in [0.15, 0.2) is 0 Å². The van der Waals surface area contributed by atoms with Crippen molar-refractivity contribution < 1.29 is 9.59 Å². The molecule has 1 aromatic carbocycles. The molecule has 1 N–H and O–H groups in total. The molecule has 1 aliphatic heterocycles. The van der Waals surface area contributed by atoms with Gasteiger partial charge < -0.3 is 10.2 Å². The van der Waals surface area contributed by atoms with Crippen LogP contribution in [0.5, 0.6) is 0 Å². The number of para-hydroxylation sites is 1. The van der Waals surface area contributed by atoms with Crippen molar-refractivity contribution in [3.8, 4) is 5.69 Å². The molecular weight excluding hydrogens is 371 g/mol. The highest BCUT2D eigenvalue weighted by Gasteiger charge is 2.30. The molecule has 9 nitrogen and oxygen atoms in total. The molecule has 0 unspecified atom stereocenters. The molecule has 11 heteroatoms. The Morgan fingerprint density at radius 1 is 1.24 bits per heavy atom. The normalized spacial score (nSPS) is 16.9. The van der Waals surface area contributed by atoms with E-state index >= 15 is 0 Å². The fourth-order valence-electron chi connectivity index (χ4n) is 2.67. The smallest absolute Gasteiger partial charge is 0.352 e. The summed E-state index contributed by atoms with van der Waals surface area (Å²) in [5.41, 5.74) is -0.615. The van der Waals surface area contributed by atoms with Gasteiger partial charge in [-0.25, -0.2) is 9.59 Å². The standard InChI is InChI=1S/C14H14Cl2N6O3/c1-8(23)17-9-5-6-20(7-9)13(24)22-14(25)21(18-19-22)12-10(15)3-2-4-11(12)16/h2-4,9H,5-7H2,1H3,(H,17,23)/t9-/m1/s1. The molecule has 0 radical (unpaired) electrons. The third-order valence-corrected chi connectivity index (χ3v) is 4.39. The van der Waals surface area contributed by atoms with E-state index in [9.17, 15) is 14.4 Å². The third kappa shape index (κ3) is 3.38. The van der Waals surface area contributed by atoms with E-state index in [-0.39, 0.29) is 27.7 Å². The quantitative estimate of drug-likeness (QED) is 0.775. The Morgan fingerprint density at radius 2 is 1.92 bits per heavy atom. The maximum atomic E-state index is 12.5. The van der Waals surface area contributed by atoms with E-state index in [4.69, 9.17) is 23.2 Å². The molecule has 0 saturated carbocycles. The summed E-state index contributed by atoms with van der Waals surface area (Å²) in [7, 11) is 0. The van der Waals surface area contributed by atoms with Crippen molar-refractivity contribution in [1.29, 1.82) is 0 Å². The lowest BCUT2D eigenvalue weighted by Crippen LogP contribution is -2.42. The molecule has 1 saturated heterocycles. The average molecular weight is 385 g/mol. The van der Waals surface area contributed by atoms with Crippen LogP contribution in [-0.2, 0) is 4.79 Å². The van der Waals surface area contributed by atoms with Crippen molar-refractivity contribution in [1.82, 2.24) is 30.0 Å². The van der Waals surface area contributed by atoms with Crippen LogP contribution < -0.4 is 11.0 Å². The van der Waals surface area contributed by atoms with E-state index in [0.29, 0.717) is 24.2 Å². The van der Waals surface area contributed by atoms with Crippen LogP contribution in [-0.4, -0.2) is 55.8 Å². The molecule has 1 aromatic heterocycles. The Morgan fingerprint density at radius 3 is 2.56 bits per heavy atom. The number of aromatic nitrogens is 4. The number of amides is 2. The van der Waals surface area contributed by atoms with E-state index in [0.717, 1.165) is 4.68 Å². The number of hydrogen-bond acceptors (Lipinski definition) is 5. The van der Waals surface area contributed by atoms with Gasteiger partial charge in [0.25, 0.3) is 0 Å². The second-order valence-corrected chi connectivity index (χ2v) is 6.38. The number of carbonyl (C=O) groups is 2. The van der Waals surface area contributed by atoms with Crippen LogP contribution in [0, 0.1) is 0 Å². The van der Waals surface area contributed by atoms with Crippen LogP contribution in [0.4, 0.5) is 4.79 Å². The van der Waals surface area contributed by atoms with Crippen molar-refractivity contribution in [2.75, 3.05) is 13.1 Å². The zero-order chi connectivity index (χ0) is 18.1. The predicted molar refractivity (Wildman–Crippen MR) is 90.2 cm³/mol. The monoisotopic (exact) mass is 384 g/mol. The van der Waals surface area contributed by atoms with Crippen LogP contribution in [0.2, 0.25) is 10.0 Å². The molecule has 0 aliphatic carbocycles. The second-order valence-electron chi connectivity index (χ2n) is 5.57. The van der Waals surface area contributed by atoms with Gasteiger partial charge in [-0.05, 0) is 29.0 Å². The summed E-state index contributed by atoms with van der Waals surface area (Å²) in [6.45, 7) is 2.11. The highest BCUT2D eigenvalue weighted by Crippen LogP contribution is 2.26. The Kier molecular flexibility index (Phi) is 4.78. The average Bonchev–Trinajstić information content (AvgIpc) is 3.14. The summed E-state index contributed by atoms with van der Waals surface area (Å²) in [6, 6.07) is 3.96. The maximum Gasteiger partial charge on any atom is 0.377 e. The molecule has 0 spiro atoms. The van der Waals surface area contributed by atoms with Gasteiger partial charge in [0.05, 0.1) is 10.0 Å². The molecule has 0 bridgehead atoms. The minimum Gasteiger partial charge on any atom is -0.352 e. The van der Waals surface area contributed by atoms with Gasteiger partial charge in [-0.15, -0.1) is 4.68 Å². The van der Waals surface area contributed by atoms with Crippen LogP contribution in [0.15, 0.2) is 23.0 Å². The van der Waals surface area contributed by atoms with E-state index in [1.807, 2.05) is 0 Å². The summed E-state index contributed by atoms with van der Waals surface area (Å²) in [4.78, 5) is 37.5. The van der Waals surface area contributed by atoms with Gasteiger partial charge in [-0.1, -0.05) is 29.3 Å². The summed E-state index contributed by atoms with van der Waals surface area (Å²) >= 11 is 12.1.